The van der Waals surface area contributed by atoms with Crippen molar-refractivity contribution in [2.45, 2.75) is 25.2 Å². The second-order valence-electron chi connectivity index (χ2n) is 3.69. The van der Waals surface area contributed by atoms with Crippen LogP contribution in [0.2, 0.25) is 0 Å². The molecule has 1 saturated heterocycles. The number of hydrogen-bond donors (Lipinski definition) is 1. The van der Waals surface area contributed by atoms with Crippen LogP contribution in [0.5, 0.6) is 0 Å². The minimum Gasteiger partial charge on any atom is -0.381 e. The van der Waals surface area contributed by atoms with Crippen LogP contribution in [0.1, 0.15) is 36.9 Å². The van der Waals surface area contributed by atoms with Crippen LogP contribution < -0.4 is 5.73 Å². The third-order valence-electron chi connectivity index (χ3n) is 2.53. The molecule has 2 unspecified atom stereocenters. The van der Waals surface area contributed by atoms with Crippen molar-refractivity contribution in [2.24, 2.45) is 5.73 Å². The molecule has 2 heterocycles. The Labute approximate surface area is 82.6 Å². The van der Waals surface area contributed by atoms with E-state index in [0.29, 0.717) is 24.9 Å². The highest BCUT2D eigenvalue weighted by Gasteiger charge is 2.24. The maximum absolute atomic E-state index is 5.52. The lowest BCUT2D eigenvalue weighted by Gasteiger charge is -2.00. The number of hydrogen-bond acceptors (Lipinski definition) is 5. The minimum absolute atomic E-state index is 0.162. The van der Waals surface area contributed by atoms with E-state index in [1.54, 1.807) is 0 Å². The van der Waals surface area contributed by atoms with Gasteiger partial charge in [0.2, 0.25) is 5.89 Å². The normalized spacial score (nSPS) is 24.0. The van der Waals surface area contributed by atoms with Crippen molar-refractivity contribution in [3.8, 4) is 0 Å². The zero-order valence-corrected chi connectivity index (χ0v) is 8.27. The number of rotatable bonds is 3. The Morgan fingerprint density at radius 3 is 3.14 bits per heavy atom. The van der Waals surface area contributed by atoms with Crippen LogP contribution in [-0.4, -0.2) is 29.9 Å². The van der Waals surface area contributed by atoms with E-state index in [0.717, 1.165) is 13.0 Å². The lowest BCUT2D eigenvalue weighted by atomic mass is 10.1. The Morgan fingerprint density at radius 1 is 1.64 bits per heavy atom. The molecule has 1 aliphatic heterocycles. The van der Waals surface area contributed by atoms with Crippen molar-refractivity contribution >= 4 is 0 Å². The van der Waals surface area contributed by atoms with Gasteiger partial charge in [-0.1, -0.05) is 12.1 Å². The summed E-state index contributed by atoms with van der Waals surface area (Å²) < 4.78 is 10.4. The number of nitrogens with two attached hydrogens (primary N) is 1. The minimum atomic E-state index is 0.162. The Bertz CT molecular complexity index is 294. The molecule has 2 N–H and O–H groups in total. The van der Waals surface area contributed by atoms with Gasteiger partial charge in [0, 0.05) is 19.1 Å². The largest absolute Gasteiger partial charge is 0.381 e. The summed E-state index contributed by atoms with van der Waals surface area (Å²) in [7, 11) is 0. The van der Waals surface area contributed by atoms with E-state index in [-0.39, 0.29) is 11.8 Å². The van der Waals surface area contributed by atoms with Crippen molar-refractivity contribution in [3.05, 3.63) is 11.7 Å². The Kier molecular flexibility index (Phi) is 2.79. The predicted octanol–water partition coefficient (Wildman–Crippen LogP) is 0.636. The third kappa shape index (κ3) is 1.78. The molecule has 1 aromatic heterocycles. The van der Waals surface area contributed by atoms with Gasteiger partial charge in [0.15, 0.2) is 5.82 Å². The summed E-state index contributed by atoms with van der Waals surface area (Å²) in [6, 6.07) is 0. The van der Waals surface area contributed by atoms with E-state index >= 15 is 0 Å². The van der Waals surface area contributed by atoms with Crippen LogP contribution in [0.25, 0.3) is 0 Å². The first-order chi connectivity index (χ1) is 6.81. The molecule has 0 radical (unpaired) electrons. The van der Waals surface area contributed by atoms with Gasteiger partial charge in [-0.3, -0.25) is 0 Å². The molecule has 0 aliphatic carbocycles. The second-order valence-corrected chi connectivity index (χ2v) is 3.69. The van der Waals surface area contributed by atoms with E-state index in [2.05, 4.69) is 10.1 Å². The zero-order valence-electron chi connectivity index (χ0n) is 8.27. The van der Waals surface area contributed by atoms with Crippen LogP contribution in [0.4, 0.5) is 0 Å². The highest BCUT2D eigenvalue weighted by Crippen LogP contribution is 2.24. The van der Waals surface area contributed by atoms with Crippen molar-refractivity contribution in [1.82, 2.24) is 10.1 Å². The summed E-state index contributed by atoms with van der Waals surface area (Å²) >= 11 is 0. The molecule has 1 aromatic rings. The maximum Gasteiger partial charge on any atom is 0.232 e. The molecule has 1 aliphatic rings. The molecular weight excluding hydrogens is 182 g/mol. The van der Waals surface area contributed by atoms with Crippen LogP contribution in [-0.2, 0) is 4.74 Å². The number of aromatic nitrogens is 2. The van der Waals surface area contributed by atoms with Crippen molar-refractivity contribution < 1.29 is 9.26 Å². The number of nitrogens with zero attached hydrogens (tertiary/aromatic N) is 2. The van der Waals surface area contributed by atoms with Gasteiger partial charge >= 0.3 is 0 Å². The fraction of sp³-hybridized carbons (Fsp3) is 0.778. The summed E-state index contributed by atoms with van der Waals surface area (Å²) in [4.78, 5) is 4.33. The monoisotopic (exact) mass is 197 g/mol. The molecule has 0 amide bonds. The topological polar surface area (TPSA) is 74.2 Å². The van der Waals surface area contributed by atoms with Gasteiger partial charge in [0.05, 0.1) is 12.5 Å². The summed E-state index contributed by atoms with van der Waals surface area (Å²) in [5.41, 5.74) is 5.52. The van der Waals surface area contributed by atoms with E-state index < -0.39 is 0 Å². The fourth-order valence-electron chi connectivity index (χ4n) is 1.45. The highest BCUT2D eigenvalue weighted by atomic mass is 16.5. The first-order valence-corrected chi connectivity index (χ1v) is 4.92. The molecule has 1 fully saturated rings. The standard InChI is InChI=1S/C9H15N3O2/c1-6(4-10)8-11-9(14-12-8)7-2-3-13-5-7/h6-7H,2-5,10H2,1H3. The fourth-order valence-corrected chi connectivity index (χ4v) is 1.45. The molecule has 5 nitrogen and oxygen atoms in total. The summed E-state index contributed by atoms with van der Waals surface area (Å²) in [5, 5.41) is 3.91. The first-order valence-electron chi connectivity index (χ1n) is 4.92. The average Bonchev–Trinajstić information content (AvgIpc) is 2.86. The predicted molar refractivity (Wildman–Crippen MR) is 49.9 cm³/mol. The summed E-state index contributed by atoms with van der Waals surface area (Å²) in [6.45, 7) is 4.01. The molecule has 0 bridgehead atoms. The number of ether oxygens (including phenoxy) is 1. The van der Waals surface area contributed by atoms with Crippen molar-refractivity contribution in [1.29, 1.82) is 0 Å². The molecular formula is C9H15N3O2. The summed E-state index contributed by atoms with van der Waals surface area (Å²) in [5.74, 6) is 1.84. The van der Waals surface area contributed by atoms with Crippen LogP contribution >= 0.6 is 0 Å². The van der Waals surface area contributed by atoms with Crippen LogP contribution in [0, 0.1) is 0 Å². The first kappa shape index (κ1) is 9.61. The van der Waals surface area contributed by atoms with Crippen molar-refractivity contribution in [2.75, 3.05) is 19.8 Å². The van der Waals surface area contributed by atoms with E-state index in [4.69, 9.17) is 15.0 Å². The van der Waals surface area contributed by atoms with Crippen LogP contribution in [0.15, 0.2) is 4.52 Å². The molecule has 0 spiro atoms. The van der Waals surface area contributed by atoms with Gasteiger partial charge in [0.25, 0.3) is 0 Å². The molecule has 78 valence electrons. The molecule has 0 saturated carbocycles. The van der Waals surface area contributed by atoms with Gasteiger partial charge in [-0.15, -0.1) is 0 Å². The third-order valence-corrected chi connectivity index (χ3v) is 2.53. The Morgan fingerprint density at radius 2 is 2.50 bits per heavy atom. The SMILES string of the molecule is CC(CN)c1noc(C2CCOC2)n1. The Hall–Kier alpha value is -0.940. The molecule has 0 aromatic carbocycles. The molecule has 14 heavy (non-hydrogen) atoms. The smallest absolute Gasteiger partial charge is 0.232 e. The van der Waals surface area contributed by atoms with E-state index in [9.17, 15) is 0 Å². The van der Waals surface area contributed by atoms with Gasteiger partial charge in [-0.25, -0.2) is 0 Å². The van der Waals surface area contributed by atoms with Crippen LogP contribution in [0.3, 0.4) is 0 Å². The molecule has 5 heteroatoms. The lowest BCUT2D eigenvalue weighted by molar-refractivity contribution is 0.189. The molecule has 2 rings (SSSR count). The van der Waals surface area contributed by atoms with E-state index in [1.165, 1.54) is 0 Å². The quantitative estimate of drug-likeness (QED) is 0.769. The second kappa shape index (κ2) is 4.06. The van der Waals surface area contributed by atoms with Gasteiger partial charge in [-0.2, -0.15) is 4.98 Å². The van der Waals surface area contributed by atoms with Gasteiger partial charge in [-0.05, 0) is 6.42 Å². The highest BCUT2D eigenvalue weighted by molar-refractivity contribution is 4.99. The summed E-state index contributed by atoms with van der Waals surface area (Å²) in [6.07, 6.45) is 0.971. The average molecular weight is 197 g/mol. The van der Waals surface area contributed by atoms with Gasteiger partial charge in [0.1, 0.15) is 0 Å². The Balaban J connectivity index is 2.08. The molecule has 2 atom stereocenters. The lowest BCUT2D eigenvalue weighted by Crippen LogP contribution is -2.10. The van der Waals surface area contributed by atoms with Gasteiger partial charge < -0.3 is 15.0 Å². The maximum atomic E-state index is 5.52. The van der Waals surface area contributed by atoms with E-state index in [1.807, 2.05) is 6.92 Å². The van der Waals surface area contributed by atoms with Crippen molar-refractivity contribution in [3.63, 3.8) is 0 Å². The zero-order chi connectivity index (χ0) is 9.97.